The Kier molecular flexibility index (Phi) is 4.92. The Balaban J connectivity index is 1.83. The molecule has 106 valence electrons. The quantitative estimate of drug-likeness (QED) is 0.761. The highest BCUT2D eigenvalue weighted by molar-refractivity contribution is 7.89. The van der Waals surface area contributed by atoms with Crippen molar-refractivity contribution in [1.82, 2.24) is 4.72 Å². The van der Waals surface area contributed by atoms with E-state index >= 15 is 0 Å². The molecule has 0 aromatic rings. The van der Waals surface area contributed by atoms with E-state index in [2.05, 4.69) is 4.72 Å². The molecule has 2 rings (SSSR count). The number of hydrogen-bond donors (Lipinski definition) is 1. The van der Waals surface area contributed by atoms with E-state index in [-0.39, 0.29) is 17.3 Å². The molecule has 1 heterocycles. The van der Waals surface area contributed by atoms with Crippen LogP contribution in [0.4, 0.5) is 0 Å². The molecular weight excluding hydrogens is 274 g/mol. The molecule has 1 atom stereocenters. The maximum absolute atomic E-state index is 12.0. The Morgan fingerprint density at radius 1 is 1.28 bits per heavy atom. The summed E-state index contributed by atoms with van der Waals surface area (Å²) in [6.07, 6.45) is 6.05. The first-order chi connectivity index (χ1) is 8.55. The van der Waals surface area contributed by atoms with Crippen molar-refractivity contribution < 1.29 is 13.2 Å². The lowest BCUT2D eigenvalue weighted by Crippen LogP contribution is -2.40. The summed E-state index contributed by atoms with van der Waals surface area (Å²) in [6, 6.07) is 0. The van der Waals surface area contributed by atoms with Gasteiger partial charge in [0, 0.05) is 19.0 Å². The normalized spacial score (nSPS) is 27.7. The molecule has 1 saturated heterocycles. The number of ether oxygens (including phenoxy) is 1. The van der Waals surface area contributed by atoms with Crippen molar-refractivity contribution >= 4 is 21.6 Å². The number of sulfonamides is 1. The van der Waals surface area contributed by atoms with E-state index in [0.717, 1.165) is 38.5 Å². The summed E-state index contributed by atoms with van der Waals surface area (Å²) in [7, 11) is -3.23. The molecule has 1 unspecified atom stereocenters. The molecule has 0 aromatic heterocycles. The molecule has 4 nitrogen and oxygen atoms in total. The molecule has 0 aromatic carbocycles. The first-order valence-corrected chi connectivity index (χ1v) is 8.89. The minimum atomic E-state index is -3.23. The third-order valence-electron chi connectivity index (χ3n) is 4.04. The van der Waals surface area contributed by atoms with Gasteiger partial charge in [-0.15, -0.1) is 11.6 Å². The van der Waals surface area contributed by atoms with Crippen molar-refractivity contribution in [2.24, 2.45) is 5.41 Å². The van der Waals surface area contributed by atoms with Crippen LogP contribution in [0.25, 0.3) is 0 Å². The molecule has 0 spiro atoms. The number of nitrogens with one attached hydrogen (secondary N) is 1. The van der Waals surface area contributed by atoms with Crippen LogP contribution in [0.5, 0.6) is 0 Å². The molecule has 1 saturated carbocycles. The zero-order chi connectivity index (χ0) is 13.1. The third-order valence-corrected chi connectivity index (χ3v) is 6.01. The summed E-state index contributed by atoms with van der Waals surface area (Å²) in [5.41, 5.74) is -0.0227. The molecular formula is C12H22ClNO3S. The topological polar surface area (TPSA) is 55.4 Å². The van der Waals surface area contributed by atoms with Crippen LogP contribution in [-0.4, -0.2) is 39.3 Å². The first kappa shape index (κ1) is 14.6. The first-order valence-electron chi connectivity index (χ1n) is 6.70. The van der Waals surface area contributed by atoms with Crippen molar-refractivity contribution in [3.63, 3.8) is 0 Å². The Morgan fingerprint density at radius 3 is 2.56 bits per heavy atom. The van der Waals surface area contributed by atoms with Gasteiger partial charge in [-0.05, 0) is 31.1 Å². The number of alkyl halides is 1. The molecule has 2 aliphatic rings. The average molecular weight is 296 g/mol. The maximum atomic E-state index is 12.0. The molecule has 6 heteroatoms. The maximum Gasteiger partial charge on any atom is 0.214 e. The van der Waals surface area contributed by atoms with Crippen LogP contribution >= 0.6 is 11.6 Å². The summed E-state index contributed by atoms with van der Waals surface area (Å²) >= 11 is 6.00. The van der Waals surface area contributed by atoms with E-state index in [9.17, 15) is 8.42 Å². The van der Waals surface area contributed by atoms with Crippen LogP contribution in [0.2, 0.25) is 0 Å². The lowest BCUT2D eigenvalue weighted by molar-refractivity contribution is 0.127. The minimum Gasteiger partial charge on any atom is -0.377 e. The smallest absolute Gasteiger partial charge is 0.214 e. The fourth-order valence-electron chi connectivity index (χ4n) is 2.83. The van der Waals surface area contributed by atoms with Gasteiger partial charge in [0.05, 0.1) is 11.9 Å². The predicted octanol–water partition coefficient (Wildman–Crippen LogP) is 1.88. The fraction of sp³-hybridized carbons (Fsp3) is 1.00. The molecule has 1 N–H and O–H groups in total. The van der Waals surface area contributed by atoms with Gasteiger partial charge < -0.3 is 4.74 Å². The molecule has 0 radical (unpaired) electrons. The number of halogens is 1. The van der Waals surface area contributed by atoms with E-state index in [4.69, 9.17) is 16.3 Å². The van der Waals surface area contributed by atoms with Crippen LogP contribution in [0, 0.1) is 5.41 Å². The van der Waals surface area contributed by atoms with E-state index in [1.807, 2.05) is 0 Å². The summed E-state index contributed by atoms with van der Waals surface area (Å²) in [6.45, 7) is 1.16. The van der Waals surface area contributed by atoms with Crippen LogP contribution in [0.3, 0.4) is 0 Å². The highest BCUT2D eigenvalue weighted by Crippen LogP contribution is 2.38. The summed E-state index contributed by atoms with van der Waals surface area (Å²) in [5, 5.41) is 0. The second-order valence-corrected chi connectivity index (χ2v) is 7.70. The molecule has 1 aliphatic carbocycles. The molecule has 2 fully saturated rings. The Labute approximate surface area is 114 Å². The summed E-state index contributed by atoms with van der Waals surface area (Å²) in [5.74, 6) is 0.626. The van der Waals surface area contributed by atoms with Gasteiger partial charge in [-0.25, -0.2) is 13.1 Å². The lowest BCUT2D eigenvalue weighted by atomic mass is 9.89. The monoisotopic (exact) mass is 295 g/mol. The zero-order valence-electron chi connectivity index (χ0n) is 10.7. The Hall–Kier alpha value is 0.160. The van der Waals surface area contributed by atoms with Gasteiger partial charge in [-0.2, -0.15) is 0 Å². The van der Waals surface area contributed by atoms with Crippen molar-refractivity contribution in [3.05, 3.63) is 0 Å². The van der Waals surface area contributed by atoms with Gasteiger partial charge in [-0.3, -0.25) is 0 Å². The van der Waals surface area contributed by atoms with Crippen molar-refractivity contribution in [2.45, 2.75) is 44.6 Å². The highest BCUT2D eigenvalue weighted by atomic mass is 35.5. The minimum absolute atomic E-state index is 0.0227. The van der Waals surface area contributed by atoms with Gasteiger partial charge in [0.25, 0.3) is 0 Å². The SMILES string of the molecule is O=S(=O)(CC1CCCO1)NCC1(CCl)CCCC1. The standard InChI is InChI=1S/C12H22ClNO3S/c13-9-12(5-1-2-6-12)10-14-18(15,16)8-11-4-3-7-17-11/h11,14H,1-10H2. The largest absolute Gasteiger partial charge is 0.377 e. The average Bonchev–Trinajstić information content (AvgIpc) is 2.97. The number of hydrogen-bond acceptors (Lipinski definition) is 3. The second-order valence-electron chi connectivity index (χ2n) is 5.58. The Bertz CT molecular complexity index is 360. The van der Waals surface area contributed by atoms with E-state index < -0.39 is 10.0 Å². The van der Waals surface area contributed by atoms with Crippen LogP contribution in [0.1, 0.15) is 38.5 Å². The Morgan fingerprint density at radius 2 is 2.00 bits per heavy atom. The predicted molar refractivity (Wildman–Crippen MR) is 72.4 cm³/mol. The lowest BCUT2D eigenvalue weighted by Gasteiger charge is -2.26. The van der Waals surface area contributed by atoms with Crippen LogP contribution < -0.4 is 4.72 Å². The fourth-order valence-corrected chi connectivity index (χ4v) is 4.58. The zero-order valence-corrected chi connectivity index (χ0v) is 12.2. The molecule has 0 bridgehead atoms. The molecule has 1 aliphatic heterocycles. The van der Waals surface area contributed by atoms with Crippen molar-refractivity contribution in [1.29, 1.82) is 0 Å². The van der Waals surface area contributed by atoms with Crippen molar-refractivity contribution in [2.75, 3.05) is 24.8 Å². The molecule has 0 amide bonds. The third kappa shape index (κ3) is 3.83. The number of rotatable bonds is 6. The highest BCUT2D eigenvalue weighted by Gasteiger charge is 2.34. The van der Waals surface area contributed by atoms with E-state index in [1.165, 1.54) is 0 Å². The van der Waals surface area contributed by atoms with Gasteiger partial charge in [0.1, 0.15) is 0 Å². The second kappa shape index (κ2) is 6.07. The van der Waals surface area contributed by atoms with Gasteiger partial charge in [-0.1, -0.05) is 12.8 Å². The van der Waals surface area contributed by atoms with Gasteiger partial charge >= 0.3 is 0 Å². The van der Waals surface area contributed by atoms with Crippen LogP contribution in [0.15, 0.2) is 0 Å². The summed E-state index contributed by atoms with van der Waals surface area (Å²) < 4.78 is 32.0. The molecule has 18 heavy (non-hydrogen) atoms. The van der Waals surface area contributed by atoms with E-state index in [1.54, 1.807) is 0 Å². The van der Waals surface area contributed by atoms with Gasteiger partial charge in [0.2, 0.25) is 10.0 Å². The van der Waals surface area contributed by atoms with Gasteiger partial charge in [0.15, 0.2) is 0 Å². The van der Waals surface area contributed by atoms with E-state index in [0.29, 0.717) is 19.0 Å². The van der Waals surface area contributed by atoms with Crippen LogP contribution in [-0.2, 0) is 14.8 Å². The summed E-state index contributed by atoms with van der Waals surface area (Å²) in [4.78, 5) is 0. The van der Waals surface area contributed by atoms with Crippen molar-refractivity contribution in [3.8, 4) is 0 Å².